The minimum Gasteiger partial charge on any atom is -0.489 e. The zero-order valence-corrected chi connectivity index (χ0v) is 16.4. The quantitative estimate of drug-likeness (QED) is 0.409. The summed E-state index contributed by atoms with van der Waals surface area (Å²) >= 11 is 5.92. The molecule has 0 fully saturated rings. The van der Waals surface area contributed by atoms with E-state index in [9.17, 15) is 4.79 Å². The molecule has 0 amide bonds. The van der Waals surface area contributed by atoms with Gasteiger partial charge in [-0.15, -0.1) is 12.4 Å². The third kappa shape index (κ3) is 4.68. The second kappa shape index (κ2) is 8.87. The largest absolute Gasteiger partial charge is 0.489 e. The van der Waals surface area contributed by atoms with Gasteiger partial charge < -0.3 is 20.0 Å². The van der Waals surface area contributed by atoms with Crippen molar-refractivity contribution in [2.45, 2.75) is 13.2 Å². The summed E-state index contributed by atoms with van der Waals surface area (Å²) in [5.41, 5.74) is 4.39. The van der Waals surface area contributed by atoms with Gasteiger partial charge in [-0.1, -0.05) is 41.9 Å². The molecule has 4 aromatic rings. The van der Waals surface area contributed by atoms with E-state index in [0.717, 1.165) is 33.6 Å². The molecule has 0 aliphatic rings. The Balaban J connectivity index is 0.00000225. The van der Waals surface area contributed by atoms with Crippen LogP contribution >= 0.6 is 24.0 Å². The monoisotopic (exact) mass is 415 g/mol. The zero-order valence-electron chi connectivity index (χ0n) is 14.9. The first-order valence-corrected chi connectivity index (χ1v) is 8.96. The van der Waals surface area contributed by atoms with Gasteiger partial charge in [0.1, 0.15) is 12.4 Å². The number of fused-ring (bicyclic) bond motifs is 1. The van der Waals surface area contributed by atoms with Gasteiger partial charge in [0.2, 0.25) is 0 Å². The molecule has 0 aliphatic heterocycles. The zero-order chi connectivity index (χ0) is 18.6. The SMILES string of the molecule is Cl.O=c1[nH]c2ccc(NCc3ccccc3OCc3ccc(Cl)cc3)cc2[nH]1. The van der Waals surface area contributed by atoms with E-state index in [0.29, 0.717) is 18.2 Å². The highest BCUT2D eigenvalue weighted by Crippen LogP contribution is 2.22. The molecule has 3 N–H and O–H groups in total. The fourth-order valence-electron chi connectivity index (χ4n) is 2.87. The highest BCUT2D eigenvalue weighted by atomic mass is 35.5. The summed E-state index contributed by atoms with van der Waals surface area (Å²) in [6, 6.07) is 21.3. The summed E-state index contributed by atoms with van der Waals surface area (Å²) in [4.78, 5) is 16.9. The number of aromatic amines is 2. The second-order valence-electron chi connectivity index (χ2n) is 6.22. The van der Waals surface area contributed by atoms with Crippen molar-refractivity contribution in [3.05, 3.63) is 93.4 Å². The van der Waals surface area contributed by atoms with Crippen molar-refractivity contribution in [2.75, 3.05) is 5.32 Å². The predicted octanol–water partition coefficient (Wildman–Crippen LogP) is 5.12. The lowest BCUT2D eigenvalue weighted by molar-refractivity contribution is 0.303. The number of rotatable bonds is 6. The Kier molecular flexibility index (Phi) is 6.29. The van der Waals surface area contributed by atoms with E-state index in [2.05, 4.69) is 15.3 Å². The fourth-order valence-corrected chi connectivity index (χ4v) is 3.00. The van der Waals surface area contributed by atoms with Crippen LogP contribution in [0.1, 0.15) is 11.1 Å². The maximum absolute atomic E-state index is 11.4. The van der Waals surface area contributed by atoms with Crippen LogP contribution in [0.2, 0.25) is 5.02 Å². The molecule has 0 aliphatic carbocycles. The van der Waals surface area contributed by atoms with Crippen molar-refractivity contribution in [2.24, 2.45) is 0 Å². The Bertz CT molecular complexity index is 1120. The fraction of sp³-hybridized carbons (Fsp3) is 0.0952. The second-order valence-corrected chi connectivity index (χ2v) is 6.65. The van der Waals surface area contributed by atoms with Gasteiger partial charge in [-0.25, -0.2) is 4.79 Å². The number of H-pyrrole nitrogens is 2. The maximum Gasteiger partial charge on any atom is 0.323 e. The topological polar surface area (TPSA) is 69.9 Å². The smallest absolute Gasteiger partial charge is 0.323 e. The average molecular weight is 416 g/mol. The molecule has 4 rings (SSSR count). The van der Waals surface area contributed by atoms with Gasteiger partial charge in [-0.3, -0.25) is 0 Å². The molecule has 0 saturated carbocycles. The number of hydrogen-bond donors (Lipinski definition) is 3. The van der Waals surface area contributed by atoms with E-state index in [1.807, 2.05) is 66.7 Å². The summed E-state index contributed by atoms with van der Waals surface area (Å²) in [6.45, 7) is 1.09. The Morgan fingerprint density at radius 3 is 2.50 bits per heavy atom. The molecule has 0 radical (unpaired) electrons. The first kappa shape index (κ1) is 19.9. The first-order valence-electron chi connectivity index (χ1n) is 8.58. The third-order valence-electron chi connectivity index (χ3n) is 4.28. The molecule has 1 aromatic heterocycles. The molecular formula is C21H19Cl2N3O2. The van der Waals surface area contributed by atoms with Crippen LogP contribution in [-0.4, -0.2) is 9.97 Å². The Labute approximate surface area is 173 Å². The van der Waals surface area contributed by atoms with E-state index in [4.69, 9.17) is 16.3 Å². The van der Waals surface area contributed by atoms with Crippen molar-refractivity contribution in [1.29, 1.82) is 0 Å². The lowest BCUT2D eigenvalue weighted by Crippen LogP contribution is -2.03. The van der Waals surface area contributed by atoms with Gasteiger partial charge in [0, 0.05) is 22.8 Å². The van der Waals surface area contributed by atoms with Gasteiger partial charge in [0.15, 0.2) is 0 Å². The van der Waals surface area contributed by atoms with Crippen molar-refractivity contribution < 1.29 is 4.74 Å². The Morgan fingerprint density at radius 1 is 0.929 bits per heavy atom. The van der Waals surface area contributed by atoms with Crippen molar-refractivity contribution in [1.82, 2.24) is 9.97 Å². The Hall–Kier alpha value is -2.89. The van der Waals surface area contributed by atoms with Crippen molar-refractivity contribution in [3.63, 3.8) is 0 Å². The van der Waals surface area contributed by atoms with E-state index < -0.39 is 0 Å². The number of nitrogens with one attached hydrogen (secondary N) is 3. The van der Waals surface area contributed by atoms with Crippen LogP contribution < -0.4 is 15.7 Å². The molecule has 3 aromatic carbocycles. The number of para-hydroxylation sites is 1. The van der Waals surface area contributed by atoms with Crippen LogP contribution in [0.5, 0.6) is 5.75 Å². The summed E-state index contributed by atoms with van der Waals surface area (Å²) in [5, 5.41) is 4.09. The highest BCUT2D eigenvalue weighted by molar-refractivity contribution is 6.30. The van der Waals surface area contributed by atoms with Gasteiger partial charge in [0.05, 0.1) is 11.0 Å². The molecule has 0 atom stereocenters. The standard InChI is InChI=1S/C21H18ClN3O2.ClH/c22-16-7-5-14(6-8-16)13-27-20-4-2-1-3-15(20)12-23-17-9-10-18-19(11-17)25-21(26)24-18;/h1-11,23H,12-13H2,(H2,24,25,26);1H. The minimum absolute atomic E-state index is 0. The lowest BCUT2D eigenvalue weighted by atomic mass is 10.2. The molecule has 0 spiro atoms. The van der Waals surface area contributed by atoms with Gasteiger partial charge in [0.25, 0.3) is 0 Å². The molecule has 0 unspecified atom stereocenters. The normalized spacial score (nSPS) is 10.5. The van der Waals surface area contributed by atoms with Crippen molar-refractivity contribution >= 4 is 40.7 Å². The molecule has 5 nitrogen and oxygen atoms in total. The van der Waals surface area contributed by atoms with Crippen LogP contribution in [0.3, 0.4) is 0 Å². The van der Waals surface area contributed by atoms with Gasteiger partial charge in [-0.2, -0.15) is 0 Å². The molecule has 0 bridgehead atoms. The number of ether oxygens (including phenoxy) is 1. The summed E-state index contributed by atoms with van der Waals surface area (Å²) in [5.74, 6) is 0.830. The predicted molar refractivity (Wildman–Crippen MR) is 116 cm³/mol. The molecular weight excluding hydrogens is 397 g/mol. The minimum atomic E-state index is -0.205. The van der Waals surface area contributed by atoms with Crippen LogP contribution in [0, 0.1) is 0 Å². The molecule has 0 saturated heterocycles. The Morgan fingerprint density at radius 2 is 1.68 bits per heavy atom. The number of benzene rings is 3. The summed E-state index contributed by atoms with van der Waals surface area (Å²) in [6.07, 6.45) is 0. The van der Waals surface area contributed by atoms with Crippen molar-refractivity contribution in [3.8, 4) is 5.75 Å². The van der Waals surface area contributed by atoms with Gasteiger partial charge in [-0.05, 0) is 42.0 Å². The third-order valence-corrected chi connectivity index (χ3v) is 4.53. The van der Waals surface area contributed by atoms with Crippen LogP contribution in [0.25, 0.3) is 11.0 Å². The lowest BCUT2D eigenvalue weighted by Gasteiger charge is -2.13. The highest BCUT2D eigenvalue weighted by Gasteiger charge is 2.05. The van der Waals surface area contributed by atoms with Crippen LogP contribution in [0.4, 0.5) is 5.69 Å². The summed E-state index contributed by atoms with van der Waals surface area (Å²) in [7, 11) is 0. The molecule has 1 heterocycles. The molecule has 144 valence electrons. The van der Waals surface area contributed by atoms with E-state index in [1.165, 1.54) is 0 Å². The average Bonchev–Trinajstić information content (AvgIpc) is 3.06. The molecule has 28 heavy (non-hydrogen) atoms. The number of halogens is 2. The van der Waals surface area contributed by atoms with Crippen LogP contribution in [0.15, 0.2) is 71.5 Å². The van der Waals surface area contributed by atoms with E-state index in [1.54, 1.807) is 0 Å². The van der Waals surface area contributed by atoms with Crippen LogP contribution in [-0.2, 0) is 13.2 Å². The number of aromatic nitrogens is 2. The first-order chi connectivity index (χ1) is 13.2. The molecule has 7 heteroatoms. The number of anilines is 1. The van der Waals surface area contributed by atoms with E-state index in [-0.39, 0.29) is 18.1 Å². The van der Waals surface area contributed by atoms with Gasteiger partial charge >= 0.3 is 5.69 Å². The summed E-state index contributed by atoms with van der Waals surface area (Å²) < 4.78 is 5.99. The number of imidazole rings is 1. The van der Waals surface area contributed by atoms with E-state index >= 15 is 0 Å². The maximum atomic E-state index is 11.4. The number of hydrogen-bond acceptors (Lipinski definition) is 3.